The van der Waals surface area contributed by atoms with Gasteiger partial charge >= 0.3 is 0 Å². The number of nitro groups is 1. The highest BCUT2D eigenvalue weighted by molar-refractivity contribution is 5.98. The molecule has 0 bridgehead atoms. The molecule has 1 aromatic rings. The second-order valence-electron chi connectivity index (χ2n) is 4.62. The van der Waals surface area contributed by atoms with Gasteiger partial charge in [0.25, 0.3) is 11.6 Å². The molecule has 0 spiro atoms. The molecule has 102 valence electrons. The van der Waals surface area contributed by atoms with Crippen LogP contribution in [0.1, 0.15) is 23.2 Å². The van der Waals surface area contributed by atoms with E-state index in [0.717, 1.165) is 18.2 Å². The Labute approximate surface area is 108 Å². The predicted octanol–water partition coefficient (Wildman–Crippen LogP) is 1.23. The molecular weight excluding hydrogens is 255 g/mol. The second-order valence-corrected chi connectivity index (χ2v) is 4.62. The quantitative estimate of drug-likeness (QED) is 0.634. The first-order valence-electron chi connectivity index (χ1n) is 5.87. The van der Waals surface area contributed by atoms with Gasteiger partial charge in [-0.1, -0.05) is 0 Å². The highest BCUT2D eigenvalue weighted by Crippen LogP contribution is 2.26. The Morgan fingerprint density at radius 3 is 2.79 bits per heavy atom. The summed E-state index contributed by atoms with van der Waals surface area (Å²) in [6, 6.07) is 2.83. The molecule has 0 atom stereocenters. The summed E-state index contributed by atoms with van der Waals surface area (Å²) in [7, 11) is 0. The van der Waals surface area contributed by atoms with Crippen molar-refractivity contribution in [2.24, 2.45) is 5.92 Å². The maximum atomic E-state index is 12.9. The minimum atomic E-state index is -0.787. The van der Waals surface area contributed by atoms with E-state index < -0.39 is 22.3 Å². The van der Waals surface area contributed by atoms with Gasteiger partial charge in [0, 0.05) is 6.54 Å². The number of hydrogen-bond donors (Lipinski definition) is 2. The van der Waals surface area contributed by atoms with Crippen molar-refractivity contribution in [3.63, 3.8) is 0 Å². The number of benzene rings is 1. The molecule has 0 saturated heterocycles. The largest absolute Gasteiger partial charge is 0.393 e. The maximum absolute atomic E-state index is 12.9. The number of aliphatic hydroxyl groups is 1. The standard InChI is InChI=1S/C12H13FN2O4/c13-8-1-2-10(11(5-8)15(18)19)12(17)14-6-7-3-9(16)4-7/h1-2,5,7,9,16H,3-4,6H2,(H,14,17). The number of hydrogen-bond acceptors (Lipinski definition) is 4. The third-order valence-corrected chi connectivity index (χ3v) is 3.16. The Bertz CT molecular complexity index is 514. The Morgan fingerprint density at radius 1 is 1.53 bits per heavy atom. The Kier molecular flexibility index (Phi) is 3.75. The third kappa shape index (κ3) is 3.05. The number of carbonyl (C=O) groups is 1. The van der Waals surface area contributed by atoms with Crippen LogP contribution in [-0.2, 0) is 0 Å². The molecule has 1 saturated carbocycles. The van der Waals surface area contributed by atoms with E-state index >= 15 is 0 Å². The SMILES string of the molecule is O=C(NCC1CC(O)C1)c1ccc(F)cc1[N+](=O)[O-]. The number of rotatable bonds is 4. The van der Waals surface area contributed by atoms with Crippen LogP contribution in [0.4, 0.5) is 10.1 Å². The van der Waals surface area contributed by atoms with E-state index in [1.807, 2.05) is 0 Å². The Balaban J connectivity index is 2.04. The molecule has 0 aliphatic heterocycles. The molecule has 0 unspecified atom stereocenters. The highest BCUT2D eigenvalue weighted by atomic mass is 19.1. The lowest BCUT2D eigenvalue weighted by Gasteiger charge is -2.31. The molecule has 1 amide bonds. The van der Waals surface area contributed by atoms with Crippen molar-refractivity contribution < 1.29 is 19.2 Å². The van der Waals surface area contributed by atoms with Gasteiger partial charge in [0.2, 0.25) is 0 Å². The zero-order chi connectivity index (χ0) is 14.0. The first-order valence-corrected chi connectivity index (χ1v) is 5.87. The van der Waals surface area contributed by atoms with E-state index in [1.165, 1.54) is 0 Å². The Morgan fingerprint density at radius 2 is 2.21 bits per heavy atom. The molecule has 1 aromatic carbocycles. The first-order chi connectivity index (χ1) is 8.97. The molecule has 1 aliphatic rings. The number of nitrogens with one attached hydrogen (secondary N) is 1. The fourth-order valence-corrected chi connectivity index (χ4v) is 2.05. The minimum absolute atomic E-state index is 0.161. The van der Waals surface area contributed by atoms with Crippen LogP contribution in [0.5, 0.6) is 0 Å². The first kappa shape index (κ1) is 13.4. The summed E-state index contributed by atoms with van der Waals surface area (Å²) in [6.07, 6.45) is 0.916. The molecule has 0 aromatic heterocycles. The summed E-state index contributed by atoms with van der Waals surface area (Å²) in [5.41, 5.74) is -0.711. The monoisotopic (exact) mass is 268 g/mol. The molecule has 19 heavy (non-hydrogen) atoms. The van der Waals surface area contributed by atoms with Gasteiger partial charge in [-0.25, -0.2) is 4.39 Å². The fraction of sp³-hybridized carbons (Fsp3) is 0.417. The summed E-state index contributed by atoms with van der Waals surface area (Å²) in [5.74, 6) is -1.17. The van der Waals surface area contributed by atoms with E-state index in [9.17, 15) is 19.3 Å². The molecule has 0 heterocycles. The van der Waals surface area contributed by atoms with E-state index in [1.54, 1.807) is 0 Å². The van der Waals surface area contributed by atoms with Crippen molar-refractivity contribution in [2.75, 3.05) is 6.54 Å². The van der Waals surface area contributed by atoms with E-state index in [-0.39, 0.29) is 17.6 Å². The zero-order valence-electron chi connectivity index (χ0n) is 10.0. The summed E-state index contributed by atoms with van der Waals surface area (Å²) >= 11 is 0. The summed E-state index contributed by atoms with van der Waals surface area (Å²) < 4.78 is 12.9. The maximum Gasteiger partial charge on any atom is 0.285 e. The number of carbonyl (C=O) groups excluding carboxylic acids is 1. The molecular formula is C12H13FN2O4. The van der Waals surface area contributed by atoms with Crippen LogP contribution >= 0.6 is 0 Å². The molecule has 6 nitrogen and oxygen atoms in total. The van der Waals surface area contributed by atoms with Gasteiger partial charge < -0.3 is 10.4 Å². The van der Waals surface area contributed by atoms with Gasteiger partial charge in [-0.05, 0) is 30.9 Å². The van der Waals surface area contributed by atoms with Crippen molar-refractivity contribution in [1.82, 2.24) is 5.32 Å². The molecule has 0 radical (unpaired) electrons. The van der Waals surface area contributed by atoms with Crippen molar-refractivity contribution in [1.29, 1.82) is 0 Å². The lowest BCUT2D eigenvalue weighted by Crippen LogP contribution is -2.38. The molecule has 7 heteroatoms. The van der Waals surface area contributed by atoms with Crippen LogP contribution in [0.2, 0.25) is 0 Å². The van der Waals surface area contributed by atoms with E-state index in [4.69, 9.17) is 5.11 Å². The van der Waals surface area contributed by atoms with Crippen LogP contribution in [-0.4, -0.2) is 28.6 Å². The number of halogens is 1. The molecule has 2 N–H and O–H groups in total. The van der Waals surface area contributed by atoms with Gasteiger partial charge in [0.1, 0.15) is 11.4 Å². The number of aliphatic hydroxyl groups excluding tert-OH is 1. The van der Waals surface area contributed by atoms with Gasteiger partial charge in [-0.15, -0.1) is 0 Å². The van der Waals surface area contributed by atoms with Crippen molar-refractivity contribution in [3.8, 4) is 0 Å². The lowest BCUT2D eigenvalue weighted by atomic mass is 9.82. The summed E-state index contributed by atoms with van der Waals surface area (Å²) in [4.78, 5) is 21.8. The minimum Gasteiger partial charge on any atom is -0.393 e. The van der Waals surface area contributed by atoms with Gasteiger partial charge in [-0.3, -0.25) is 14.9 Å². The van der Waals surface area contributed by atoms with Crippen LogP contribution in [0.15, 0.2) is 18.2 Å². The van der Waals surface area contributed by atoms with E-state index in [2.05, 4.69) is 5.32 Å². The average molecular weight is 268 g/mol. The second kappa shape index (κ2) is 5.31. The normalized spacial score (nSPS) is 21.6. The smallest absolute Gasteiger partial charge is 0.285 e. The Hall–Kier alpha value is -2.02. The van der Waals surface area contributed by atoms with Crippen molar-refractivity contribution in [3.05, 3.63) is 39.7 Å². The van der Waals surface area contributed by atoms with Crippen LogP contribution in [0.25, 0.3) is 0 Å². The number of nitrogens with zero attached hydrogens (tertiary/aromatic N) is 1. The van der Waals surface area contributed by atoms with E-state index in [0.29, 0.717) is 19.4 Å². The summed E-state index contributed by atoms with van der Waals surface area (Å²) in [6.45, 7) is 0.352. The lowest BCUT2D eigenvalue weighted by molar-refractivity contribution is -0.385. The highest BCUT2D eigenvalue weighted by Gasteiger charge is 2.28. The third-order valence-electron chi connectivity index (χ3n) is 3.16. The van der Waals surface area contributed by atoms with Crippen LogP contribution in [0, 0.1) is 21.8 Å². The van der Waals surface area contributed by atoms with Crippen molar-refractivity contribution in [2.45, 2.75) is 18.9 Å². The molecule has 2 rings (SSSR count). The molecule has 1 fully saturated rings. The molecule has 1 aliphatic carbocycles. The zero-order valence-corrected chi connectivity index (χ0v) is 10.0. The van der Waals surface area contributed by atoms with Gasteiger partial charge in [0.05, 0.1) is 17.1 Å². The average Bonchev–Trinajstić information content (AvgIpc) is 2.32. The fourth-order valence-electron chi connectivity index (χ4n) is 2.05. The van der Waals surface area contributed by atoms with Crippen LogP contribution < -0.4 is 5.32 Å². The van der Waals surface area contributed by atoms with Crippen molar-refractivity contribution >= 4 is 11.6 Å². The predicted molar refractivity (Wildman–Crippen MR) is 64.1 cm³/mol. The summed E-state index contributed by atoms with van der Waals surface area (Å²) in [5, 5.41) is 22.4. The number of nitro benzene ring substituents is 1. The number of amides is 1. The topological polar surface area (TPSA) is 92.5 Å². The van der Waals surface area contributed by atoms with Crippen LogP contribution in [0.3, 0.4) is 0 Å². The van der Waals surface area contributed by atoms with Gasteiger partial charge in [-0.2, -0.15) is 0 Å². The van der Waals surface area contributed by atoms with Gasteiger partial charge in [0.15, 0.2) is 0 Å².